The molecule has 26 heavy (non-hydrogen) atoms. The molecule has 1 aliphatic rings. The minimum Gasteiger partial charge on any atom is -0.489 e. The fourth-order valence-electron chi connectivity index (χ4n) is 1.92. The van der Waals surface area contributed by atoms with Crippen molar-refractivity contribution in [3.05, 3.63) is 24.7 Å². The molecule has 146 valence electrons. The van der Waals surface area contributed by atoms with Crippen LogP contribution in [-0.2, 0) is 23.9 Å². The first-order valence-electron chi connectivity index (χ1n) is 8.27. The lowest BCUT2D eigenvalue weighted by molar-refractivity contribution is -0.137. The number of hydrogen-bond acceptors (Lipinski definition) is 6. The zero-order valence-corrected chi connectivity index (χ0v) is 15.8. The van der Waals surface area contributed by atoms with Gasteiger partial charge in [0.05, 0.1) is 19.1 Å². The number of nitrogens with one attached hydrogen (secondary N) is 3. The van der Waals surface area contributed by atoms with Crippen LogP contribution in [0.5, 0.6) is 0 Å². The molecule has 1 fully saturated rings. The molecule has 9 heteroatoms. The average Bonchev–Trinajstić information content (AvgIpc) is 2.82. The summed E-state index contributed by atoms with van der Waals surface area (Å²) in [5, 5.41) is 7.57. The van der Waals surface area contributed by atoms with E-state index in [9.17, 15) is 19.2 Å². The Kier molecular flexibility index (Phi) is 10.6. The van der Waals surface area contributed by atoms with E-state index in [1.165, 1.54) is 7.05 Å². The number of imide groups is 1. The minimum atomic E-state index is -0.511. The Morgan fingerprint density at radius 1 is 1.23 bits per heavy atom. The highest BCUT2D eigenvalue weighted by atomic mass is 16.5. The van der Waals surface area contributed by atoms with Crippen molar-refractivity contribution in [3.8, 4) is 0 Å². The van der Waals surface area contributed by atoms with E-state index in [-0.39, 0.29) is 35.3 Å². The van der Waals surface area contributed by atoms with E-state index in [0.29, 0.717) is 19.4 Å². The van der Waals surface area contributed by atoms with E-state index >= 15 is 0 Å². The van der Waals surface area contributed by atoms with Crippen molar-refractivity contribution < 1.29 is 23.9 Å². The Bertz CT molecular complexity index is 574. The number of carbonyl (C=O) groups is 4. The molecule has 1 unspecified atom stereocenters. The number of carbonyl (C=O) groups excluding carboxylic acids is 4. The van der Waals surface area contributed by atoms with Gasteiger partial charge in [-0.2, -0.15) is 0 Å². The molecule has 4 amide bonds. The van der Waals surface area contributed by atoms with Gasteiger partial charge in [0.2, 0.25) is 17.7 Å². The van der Waals surface area contributed by atoms with Crippen molar-refractivity contribution in [2.45, 2.75) is 39.2 Å². The van der Waals surface area contributed by atoms with Crippen LogP contribution in [-0.4, -0.2) is 55.3 Å². The minimum absolute atomic E-state index is 0.00612. The summed E-state index contributed by atoms with van der Waals surface area (Å²) in [6.45, 7) is 10.9. The van der Waals surface area contributed by atoms with Crippen LogP contribution in [0.15, 0.2) is 24.7 Å². The Labute approximate surface area is 153 Å². The number of nitrogens with zero attached hydrogens (tertiary/aromatic N) is 1. The second kappa shape index (κ2) is 11.8. The van der Waals surface area contributed by atoms with Gasteiger partial charge in [0.1, 0.15) is 5.82 Å². The number of likely N-dealkylation sites (N-methyl/N-ethyl adjacent to an activating group) is 2. The molecule has 1 rings (SSSR count). The molecule has 0 aromatic carbocycles. The van der Waals surface area contributed by atoms with Gasteiger partial charge in [0.15, 0.2) is 5.76 Å². The monoisotopic (exact) mass is 368 g/mol. The molecule has 0 aliphatic carbocycles. The largest absolute Gasteiger partial charge is 0.489 e. The van der Waals surface area contributed by atoms with Crippen LogP contribution in [0.3, 0.4) is 0 Å². The molecule has 0 radical (unpaired) electrons. The van der Waals surface area contributed by atoms with Gasteiger partial charge in [0.25, 0.3) is 5.91 Å². The van der Waals surface area contributed by atoms with Gasteiger partial charge in [-0.15, -0.1) is 0 Å². The van der Waals surface area contributed by atoms with E-state index in [2.05, 4.69) is 29.1 Å². The van der Waals surface area contributed by atoms with Crippen LogP contribution in [0.25, 0.3) is 0 Å². The second-order valence-electron chi connectivity index (χ2n) is 5.42. The average molecular weight is 368 g/mol. The lowest BCUT2D eigenvalue weighted by atomic mass is 10.2. The normalized spacial score (nSPS) is 15.7. The summed E-state index contributed by atoms with van der Waals surface area (Å²) in [5.41, 5.74) is 0. The van der Waals surface area contributed by atoms with Gasteiger partial charge in [-0.3, -0.25) is 24.1 Å². The summed E-state index contributed by atoms with van der Waals surface area (Å²) in [5.74, 6) is -0.812. The van der Waals surface area contributed by atoms with Gasteiger partial charge in [-0.05, 0) is 20.4 Å². The van der Waals surface area contributed by atoms with Crippen molar-refractivity contribution in [2.75, 3.05) is 20.7 Å². The van der Waals surface area contributed by atoms with E-state index in [0.717, 1.165) is 11.3 Å². The number of likely N-dealkylation sites (tertiary alicyclic amines) is 1. The van der Waals surface area contributed by atoms with Crippen molar-refractivity contribution in [1.82, 2.24) is 20.9 Å². The Hall–Kier alpha value is -2.68. The zero-order chi connectivity index (χ0) is 20.3. The molecular weight excluding hydrogens is 340 g/mol. The van der Waals surface area contributed by atoms with Gasteiger partial charge in [-0.1, -0.05) is 20.1 Å². The maximum Gasteiger partial charge on any atom is 0.291 e. The number of rotatable bonds is 8. The third-order valence-corrected chi connectivity index (χ3v) is 3.33. The zero-order valence-electron chi connectivity index (χ0n) is 15.8. The van der Waals surface area contributed by atoms with Crippen LogP contribution >= 0.6 is 0 Å². The summed E-state index contributed by atoms with van der Waals surface area (Å²) < 4.78 is 4.90. The number of ether oxygens (including phenoxy) is 1. The third-order valence-electron chi connectivity index (χ3n) is 3.33. The smallest absolute Gasteiger partial charge is 0.291 e. The molecule has 1 atom stereocenters. The molecule has 0 saturated carbocycles. The molecule has 1 aliphatic heterocycles. The first-order chi connectivity index (χ1) is 12.2. The maximum absolute atomic E-state index is 11.3. The maximum atomic E-state index is 11.3. The molecule has 9 nitrogen and oxygen atoms in total. The van der Waals surface area contributed by atoms with Gasteiger partial charge >= 0.3 is 0 Å². The lowest BCUT2D eigenvalue weighted by Gasteiger charge is -2.11. The SMILES string of the molecule is C=C(NC(=O)CCC)NC(=O)C(=C)OCC.CNC1CC(=O)N(C)C1=O. The number of amides is 4. The Morgan fingerprint density at radius 2 is 1.85 bits per heavy atom. The van der Waals surface area contributed by atoms with Crippen LogP contribution in [0.1, 0.15) is 33.1 Å². The Morgan fingerprint density at radius 3 is 2.23 bits per heavy atom. The van der Waals surface area contributed by atoms with Crippen LogP contribution < -0.4 is 16.0 Å². The fraction of sp³-hybridized carbons (Fsp3) is 0.529. The molecule has 0 aromatic heterocycles. The van der Waals surface area contributed by atoms with Crippen LogP contribution in [0, 0.1) is 0 Å². The summed E-state index contributed by atoms with van der Waals surface area (Å²) in [4.78, 5) is 45.5. The summed E-state index contributed by atoms with van der Waals surface area (Å²) in [7, 11) is 3.18. The van der Waals surface area contributed by atoms with Crippen molar-refractivity contribution in [1.29, 1.82) is 0 Å². The highest BCUT2D eigenvalue weighted by Crippen LogP contribution is 2.09. The van der Waals surface area contributed by atoms with Crippen LogP contribution in [0.4, 0.5) is 0 Å². The molecule has 0 aromatic rings. The highest BCUT2D eigenvalue weighted by molar-refractivity contribution is 6.05. The van der Waals surface area contributed by atoms with Gasteiger partial charge in [0, 0.05) is 13.5 Å². The van der Waals surface area contributed by atoms with Gasteiger partial charge < -0.3 is 20.7 Å². The molecule has 3 N–H and O–H groups in total. The molecule has 1 saturated heterocycles. The van der Waals surface area contributed by atoms with Crippen molar-refractivity contribution >= 4 is 23.6 Å². The van der Waals surface area contributed by atoms with E-state index in [1.54, 1.807) is 14.0 Å². The van der Waals surface area contributed by atoms with E-state index in [1.807, 2.05) is 6.92 Å². The van der Waals surface area contributed by atoms with E-state index in [4.69, 9.17) is 4.74 Å². The second-order valence-corrected chi connectivity index (χ2v) is 5.42. The quantitative estimate of drug-likeness (QED) is 0.315. The topological polar surface area (TPSA) is 117 Å². The number of hydrogen-bond donors (Lipinski definition) is 3. The summed E-state index contributed by atoms with van der Waals surface area (Å²) >= 11 is 0. The van der Waals surface area contributed by atoms with E-state index < -0.39 is 5.91 Å². The summed E-state index contributed by atoms with van der Waals surface area (Å²) in [6.07, 6.45) is 1.42. The Balaban J connectivity index is 0.000000531. The fourth-order valence-corrected chi connectivity index (χ4v) is 1.92. The first kappa shape index (κ1) is 23.3. The lowest BCUT2D eigenvalue weighted by Crippen LogP contribution is -2.35. The summed E-state index contributed by atoms with van der Waals surface area (Å²) in [6, 6.07) is -0.294. The first-order valence-corrected chi connectivity index (χ1v) is 8.27. The van der Waals surface area contributed by atoms with Crippen LogP contribution in [0.2, 0.25) is 0 Å². The molecule has 0 spiro atoms. The third kappa shape index (κ3) is 7.93. The van der Waals surface area contributed by atoms with Gasteiger partial charge in [-0.25, -0.2) is 0 Å². The van der Waals surface area contributed by atoms with Crippen molar-refractivity contribution in [3.63, 3.8) is 0 Å². The van der Waals surface area contributed by atoms with Crippen molar-refractivity contribution in [2.24, 2.45) is 0 Å². The predicted octanol–water partition coefficient (Wildman–Crippen LogP) is 0.00340. The standard InChI is InChI=1S/C11H18N2O3.C6H10N2O2/c1-5-7-10(14)12-9(4)13-11(15)8(3)16-6-2;1-7-4-3-5(9)8(2)6(4)10/h3-7H2,1-2H3,(H,12,14)(H,13,15);4,7H,3H2,1-2H3. The molecular formula is C17H28N4O5. The highest BCUT2D eigenvalue weighted by Gasteiger charge is 2.34. The molecule has 1 heterocycles. The predicted molar refractivity (Wildman–Crippen MR) is 96.3 cm³/mol. The molecule has 0 bridgehead atoms.